The molecule has 0 heterocycles. The van der Waals surface area contributed by atoms with Gasteiger partial charge in [0.2, 0.25) is 0 Å². The van der Waals surface area contributed by atoms with Gasteiger partial charge in [-0.2, -0.15) is 0 Å². The van der Waals surface area contributed by atoms with Gasteiger partial charge in [-0.15, -0.1) is 0 Å². The van der Waals surface area contributed by atoms with E-state index in [1.165, 1.54) is 6.92 Å². The topological polar surface area (TPSA) is 54.4 Å². The van der Waals surface area contributed by atoms with Gasteiger partial charge in [0.05, 0.1) is 0 Å². The van der Waals surface area contributed by atoms with Crippen LogP contribution in [0.1, 0.15) is 20.3 Å². The summed E-state index contributed by atoms with van der Waals surface area (Å²) >= 11 is 0. The minimum atomic E-state index is -0.968. The Hall–Kier alpha value is -0.960. The number of hydrogen-bond acceptors (Lipinski definition) is 3. The quantitative estimate of drug-likeness (QED) is 0.475. The number of carbonyl (C=O) groups excluding carboxylic acids is 2. The van der Waals surface area contributed by atoms with E-state index in [0.29, 0.717) is 11.9 Å². The van der Waals surface area contributed by atoms with Gasteiger partial charge in [-0.3, -0.25) is 9.59 Å². The standard InChI is InChI=1S/C8H12O3/c1-6(5-9)3-4-8(11)7(2)10/h3,5,8,11H,4H2,1-2H3. The number of aliphatic hydroxyl groups excluding tert-OH is 1. The number of carbonyl (C=O) groups is 2. The van der Waals surface area contributed by atoms with E-state index in [9.17, 15) is 9.59 Å². The first-order valence-electron chi connectivity index (χ1n) is 3.38. The lowest BCUT2D eigenvalue weighted by molar-refractivity contribution is -0.124. The molecule has 62 valence electrons. The molecule has 0 spiro atoms. The van der Waals surface area contributed by atoms with Crippen LogP contribution in [-0.4, -0.2) is 23.3 Å². The largest absolute Gasteiger partial charge is 0.385 e. The molecular formula is C8H12O3. The summed E-state index contributed by atoms with van der Waals surface area (Å²) in [5, 5.41) is 8.96. The Morgan fingerprint density at radius 2 is 2.09 bits per heavy atom. The van der Waals surface area contributed by atoms with Crippen molar-refractivity contribution in [3.8, 4) is 0 Å². The van der Waals surface area contributed by atoms with Crippen molar-refractivity contribution in [2.75, 3.05) is 0 Å². The van der Waals surface area contributed by atoms with Crippen molar-refractivity contribution in [3.05, 3.63) is 11.6 Å². The number of ketones is 1. The minimum Gasteiger partial charge on any atom is -0.385 e. The molecule has 3 heteroatoms. The molecule has 0 saturated carbocycles. The van der Waals surface area contributed by atoms with Crippen LogP contribution in [0.5, 0.6) is 0 Å². The molecule has 0 radical (unpaired) electrons. The second-order valence-electron chi connectivity index (χ2n) is 2.43. The Morgan fingerprint density at radius 3 is 2.45 bits per heavy atom. The van der Waals surface area contributed by atoms with E-state index in [0.717, 1.165) is 0 Å². The number of aldehydes is 1. The van der Waals surface area contributed by atoms with Gasteiger partial charge in [0.1, 0.15) is 12.4 Å². The van der Waals surface area contributed by atoms with Crippen molar-refractivity contribution in [2.24, 2.45) is 0 Å². The maximum atomic E-state index is 10.5. The van der Waals surface area contributed by atoms with Gasteiger partial charge in [0.15, 0.2) is 5.78 Å². The normalized spacial score (nSPS) is 14.3. The summed E-state index contributed by atoms with van der Waals surface area (Å²) in [6.45, 7) is 2.94. The van der Waals surface area contributed by atoms with Crippen molar-refractivity contribution >= 4 is 12.1 Å². The number of aliphatic hydroxyl groups is 1. The van der Waals surface area contributed by atoms with Gasteiger partial charge in [0.25, 0.3) is 0 Å². The fourth-order valence-electron chi connectivity index (χ4n) is 0.512. The average Bonchev–Trinajstić information content (AvgIpc) is 1.99. The molecule has 0 fully saturated rings. The lowest BCUT2D eigenvalue weighted by atomic mass is 10.1. The summed E-state index contributed by atoms with van der Waals surface area (Å²) in [7, 11) is 0. The molecule has 0 amide bonds. The molecule has 0 aliphatic carbocycles. The summed E-state index contributed by atoms with van der Waals surface area (Å²) in [6, 6.07) is 0. The summed E-state index contributed by atoms with van der Waals surface area (Å²) in [5.41, 5.74) is 0.533. The third-order valence-electron chi connectivity index (χ3n) is 1.32. The van der Waals surface area contributed by atoms with Crippen molar-refractivity contribution in [2.45, 2.75) is 26.4 Å². The highest BCUT2D eigenvalue weighted by atomic mass is 16.3. The molecule has 0 rings (SSSR count). The summed E-state index contributed by atoms with van der Waals surface area (Å²) in [5.74, 6) is -0.278. The molecule has 1 N–H and O–H groups in total. The highest BCUT2D eigenvalue weighted by molar-refractivity contribution is 5.80. The van der Waals surface area contributed by atoms with E-state index in [2.05, 4.69) is 0 Å². The van der Waals surface area contributed by atoms with Crippen molar-refractivity contribution in [1.82, 2.24) is 0 Å². The van der Waals surface area contributed by atoms with Gasteiger partial charge in [-0.1, -0.05) is 6.08 Å². The minimum absolute atomic E-state index is 0.222. The Labute approximate surface area is 65.7 Å². The monoisotopic (exact) mass is 156 g/mol. The number of Topliss-reactive ketones (excluding diaryl/α,β-unsaturated/α-hetero) is 1. The Bertz CT molecular complexity index is 182. The molecule has 0 bridgehead atoms. The second-order valence-corrected chi connectivity index (χ2v) is 2.43. The maximum Gasteiger partial charge on any atom is 0.158 e. The molecular weight excluding hydrogens is 144 g/mol. The number of hydrogen-bond donors (Lipinski definition) is 1. The van der Waals surface area contributed by atoms with Crippen molar-refractivity contribution in [1.29, 1.82) is 0 Å². The molecule has 0 aromatic carbocycles. The van der Waals surface area contributed by atoms with Crippen LogP contribution in [0.15, 0.2) is 11.6 Å². The zero-order valence-electron chi connectivity index (χ0n) is 6.70. The third-order valence-corrected chi connectivity index (χ3v) is 1.32. The lowest BCUT2D eigenvalue weighted by Gasteiger charge is -2.00. The Balaban J connectivity index is 3.87. The summed E-state index contributed by atoms with van der Waals surface area (Å²) in [6.07, 6.45) is 1.48. The molecule has 11 heavy (non-hydrogen) atoms. The molecule has 0 aliphatic heterocycles. The van der Waals surface area contributed by atoms with E-state index in [1.54, 1.807) is 13.0 Å². The summed E-state index contributed by atoms with van der Waals surface area (Å²) in [4.78, 5) is 20.5. The second kappa shape index (κ2) is 4.79. The van der Waals surface area contributed by atoms with E-state index < -0.39 is 6.10 Å². The smallest absolute Gasteiger partial charge is 0.158 e. The van der Waals surface area contributed by atoms with E-state index >= 15 is 0 Å². The highest BCUT2D eigenvalue weighted by Gasteiger charge is 2.06. The predicted octanol–water partition coefficient (Wildman–Crippen LogP) is 0.472. The molecule has 3 nitrogen and oxygen atoms in total. The van der Waals surface area contributed by atoms with Crippen LogP contribution in [0.4, 0.5) is 0 Å². The molecule has 0 aromatic heterocycles. The van der Waals surface area contributed by atoms with Crippen molar-refractivity contribution in [3.63, 3.8) is 0 Å². The SMILES string of the molecule is CC(=O)C(O)CC=C(C)C=O. The van der Waals surface area contributed by atoms with Gasteiger partial charge in [0, 0.05) is 0 Å². The van der Waals surface area contributed by atoms with E-state index in [4.69, 9.17) is 5.11 Å². The fraction of sp³-hybridized carbons (Fsp3) is 0.500. The number of rotatable bonds is 4. The van der Waals surface area contributed by atoms with Crippen LogP contribution < -0.4 is 0 Å². The van der Waals surface area contributed by atoms with E-state index in [1.807, 2.05) is 0 Å². The van der Waals surface area contributed by atoms with Gasteiger partial charge in [-0.25, -0.2) is 0 Å². The first kappa shape index (κ1) is 10.0. The first-order valence-corrected chi connectivity index (χ1v) is 3.38. The highest BCUT2D eigenvalue weighted by Crippen LogP contribution is 1.97. The third kappa shape index (κ3) is 4.44. The zero-order valence-corrected chi connectivity index (χ0v) is 6.70. The van der Waals surface area contributed by atoms with Gasteiger partial charge < -0.3 is 5.11 Å². The Morgan fingerprint density at radius 1 is 1.55 bits per heavy atom. The molecule has 1 unspecified atom stereocenters. The number of allylic oxidation sites excluding steroid dienone is 1. The van der Waals surface area contributed by atoms with Crippen LogP contribution in [0, 0.1) is 0 Å². The fourth-order valence-corrected chi connectivity index (χ4v) is 0.512. The lowest BCUT2D eigenvalue weighted by Crippen LogP contribution is -2.15. The van der Waals surface area contributed by atoms with Crippen LogP contribution >= 0.6 is 0 Å². The average molecular weight is 156 g/mol. The molecule has 0 aliphatic rings. The predicted molar refractivity (Wildman–Crippen MR) is 41.1 cm³/mol. The maximum absolute atomic E-state index is 10.5. The molecule has 1 atom stereocenters. The molecule has 0 saturated heterocycles. The molecule has 0 aromatic rings. The first-order chi connectivity index (χ1) is 5.07. The van der Waals surface area contributed by atoms with Crippen molar-refractivity contribution < 1.29 is 14.7 Å². The summed E-state index contributed by atoms with van der Waals surface area (Å²) < 4.78 is 0. The van der Waals surface area contributed by atoms with Gasteiger partial charge in [-0.05, 0) is 25.8 Å². The Kier molecular flexibility index (Phi) is 4.38. The van der Waals surface area contributed by atoms with Crippen LogP contribution in [0.25, 0.3) is 0 Å². The van der Waals surface area contributed by atoms with E-state index in [-0.39, 0.29) is 12.2 Å². The van der Waals surface area contributed by atoms with Crippen LogP contribution in [0.2, 0.25) is 0 Å². The van der Waals surface area contributed by atoms with Gasteiger partial charge >= 0.3 is 0 Å². The van der Waals surface area contributed by atoms with Crippen LogP contribution in [0.3, 0.4) is 0 Å². The van der Waals surface area contributed by atoms with Crippen LogP contribution in [-0.2, 0) is 9.59 Å². The zero-order chi connectivity index (χ0) is 8.85.